The number of ether oxygens (including phenoxy) is 1. The zero-order valence-corrected chi connectivity index (χ0v) is 25.8. The third-order valence-corrected chi connectivity index (χ3v) is 9.52. The van der Waals surface area contributed by atoms with E-state index in [1.165, 1.54) is 25.7 Å². The first kappa shape index (κ1) is 29.8. The summed E-state index contributed by atoms with van der Waals surface area (Å²) in [6.45, 7) is 7.30. The normalized spacial score (nSPS) is 16.3. The molecule has 12 nitrogen and oxygen atoms in total. The first-order valence-electron chi connectivity index (χ1n) is 14.4. The number of pyridine rings is 1. The number of rotatable bonds is 6. The van der Waals surface area contributed by atoms with Crippen LogP contribution in [-0.4, -0.2) is 74.7 Å². The fraction of sp³-hybridized carbons (Fsp3) is 0.400. The Bertz CT molecular complexity index is 1920. The fourth-order valence-corrected chi connectivity index (χ4v) is 6.45. The Morgan fingerprint density at radius 3 is 2.43 bits per heavy atom. The summed E-state index contributed by atoms with van der Waals surface area (Å²) in [7, 11) is -4.02. The minimum absolute atomic E-state index is 0.0258. The molecule has 0 radical (unpaired) electrons. The topological polar surface area (TPSA) is 131 Å². The summed E-state index contributed by atoms with van der Waals surface area (Å²) >= 11 is 0. The van der Waals surface area contributed by atoms with E-state index >= 15 is 4.39 Å². The van der Waals surface area contributed by atoms with E-state index in [4.69, 9.17) is 4.74 Å². The molecule has 3 aromatic heterocycles. The van der Waals surface area contributed by atoms with Crippen LogP contribution in [0.15, 0.2) is 58.6 Å². The largest absolute Gasteiger partial charge is 0.444 e. The minimum atomic E-state index is -4.02. The number of halogens is 1. The molecule has 1 aliphatic carbocycles. The molecule has 1 amide bonds. The predicted molar refractivity (Wildman–Crippen MR) is 162 cm³/mol. The van der Waals surface area contributed by atoms with Crippen molar-refractivity contribution >= 4 is 33.3 Å². The fourth-order valence-electron chi connectivity index (χ4n) is 5.02. The van der Waals surface area contributed by atoms with Gasteiger partial charge in [-0.1, -0.05) is 0 Å². The SMILES string of the molecule is Cc1c(Nc2ccc(S(=O)(=O)N3CCN(C(=O)OC(C)(C)C)CC3)cc2F)nc2ccc(-c3cnn(C4CC4)c3)cn2c1=O. The molecule has 44 heavy (non-hydrogen) atoms. The number of fused-ring (bicyclic) bond motifs is 1. The second-order valence-corrected chi connectivity index (χ2v) is 14.1. The second kappa shape index (κ2) is 11.0. The van der Waals surface area contributed by atoms with Crippen molar-refractivity contribution in [2.45, 2.75) is 57.1 Å². The van der Waals surface area contributed by atoms with Crippen molar-refractivity contribution < 1.29 is 22.3 Å². The molecule has 232 valence electrons. The highest BCUT2D eigenvalue weighted by atomic mass is 32.2. The molecule has 0 bridgehead atoms. The third-order valence-electron chi connectivity index (χ3n) is 7.63. The average molecular weight is 624 g/mol. The molecule has 1 saturated carbocycles. The van der Waals surface area contributed by atoms with Crippen molar-refractivity contribution in [1.82, 2.24) is 28.4 Å². The number of anilines is 2. The monoisotopic (exact) mass is 623 g/mol. The molecule has 2 fully saturated rings. The maximum atomic E-state index is 15.3. The van der Waals surface area contributed by atoms with E-state index in [2.05, 4.69) is 15.4 Å². The molecule has 1 saturated heterocycles. The van der Waals surface area contributed by atoms with E-state index in [9.17, 15) is 18.0 Å². The summed E-state index contributed by atoms with van der Waals surface area (Å²) in [6.07, 6.45) is 7.18. The van der Waals surface area contributed by atoms with E-state index < -0.39 is 27.5 Å². The highest BCUT2D eigenvalue weighted by molar-refractivity contribution is 7.89. The Morgan fingerprint density at radius 1 is 1.05 bits per heavy atom. The van der Waals surface area contributed by atoms with Gasteiger partial charge in [0.05, 0.1) is 28.4 Å². The van der Waals surface area contributed by atoms with E-state index in [0.717, 1.165) is 30.0 Å². The molecule has 2 aliphatic rings. The number of amides is 1. The zero-order valence-electron chi connectivity index (χ0n) is 24.9. The Balaban J connectivity index is 1.18. The van der Waals surface area contributed by atoms with Gasteiger partial charge >= 0.3 is 6.09 Å². The van der Waals surface area contributed by atoms with Crippen LogP contribution in [0.3, 0.4) is 0 Å². The van der Waals surface area contributed by atoms with E-state index in [-0.39, 0.29) is 53.7 Å². The van der Waals surface area contributed by atoms with Crippen LogP contribution in [0, 0.1) is 12.7 Å². The van der Waals surface area contributed by atoms with Crippen LogP contribution < -0.4 is 10.9 Å². The highest BCUT2D eigenvalue weighted by Crippen LogP contribution is 2.35. The minimum Gasteiger partial charge on any atom is -0.444 e. The number of sulfonamides is 1. The molecule has 1 aliphatic heterocycles. The summed E-state index contributed by atoms with van der Waals surface area (Å²) in [4.78, 5) is 31.4. The second-order valence-electron chi connectivity index (χ2n) is 12.1. The number of aromatic nitrogens is 4. The van der Waals surface area contributed by atoms with E-state index in [1.54, 1.807) is 46.2 Å². The molecule has 1 aromatic carbocycles. The van der Waals surface area contributed by atoms with Crippen LogP contribution in [0.2, 0.25) is 0 Å². The summed E-state index contributed by atoms with van der Waals surface area (Å²) in [5.41, 5.74) is 1.35. The number of hydrogen-bond acceptors (Lipinski definition) is 8. The molecule has 4 aromatic rings. The molecule has 14 heteroatoms. The van der Waals surface area contributed by atoms with Gasteiger partial charge in [0.25, 0.3) is 5.56 Å². The smallest absolute Gasteiger partial charge is 0.410 e. The van der Waals surface area contributed by atoms with Gasteiger partial charge in [-0.15, -0.1) is 0 Å². The van der Waals surface area contributed by atoms with Crippen molar-refractivity contribution in [1.29, 1.82) is 0 Å². The molecule has 4 heterocycles. The van der Waals surface area contributed by atoms with Gasteiger partial charge in [-0.05, 0) is 70.9 Å². The maximum absolute atomic E-state index is 15.3. The van der Waals surface area contributed by atoms with E-state index in [0.29, 0.717) is 11.7 Å². The van der Waals surface area contributed by atoms with Crippen LogP contribution in [-0.2, 0) is 14.8 Å². The quantitative estimate of drug-likeness (QED) is 0.336. The summed E-state index contributed by atoms with van der Waals surface area (Å²) in [6, 6.07) is 7.56. The number of nitrogens with one attached hydrogen (secondary N) is 1. The Morgan fingerprint density at radius 2 is 1.77 bits per heavy atom. The van der Waals surface area contributed by atoms with E-state index in [1.807, 2.05) is 16.9 Å². The van der Waals surface area contributed by atoms with Gasteiger partial charge in [-0.25, -0.2) is 22.6 Å². The van der Waals surface area contributed by atoms with Gasteiger partial charge in [-0.3, -0.25) is 13.9 Å². The standard InChI is InChI=1S/C30H34FN7O5S/c1-19-27(34-26-10-5-20(17-37(26)28(19)39)21-16-32-38(18-21)22-6-7-22)33-25-9-8-23(15-24(25)31)44(41,42)36-13-11-35(12-14-36)29(40)43-30(2,3)4/h5,8-10,15-18,22,33H,6-7,11-14H2,1-4H3. The Kier molecular flexibility index (Phi) is 7.44. The van der Waals surface area contributed by atoms with Crippen molar-refractivity contribution in [3.63, 3.8) is 0 Å². The lowest BCUT2D eigenvalue weighted by Crippen LogP contribution is -2.51. The van der Waals surface area contributed by atoms with Crippen LogP contribution >= 0.6 is 0 Å². The number of piperazine rings is 1. The van der Waals surface area contributed by atoms with Crippen molar-refractivity contribution in [2.24, 2.45) is 0 Å². The number of benzene rings is 1. The van der Waals surface area contributed by atoms with Crippen LogP contribution in [0.5, 0.6) is 0 Å². The van der Waals surface area contributed by atoms with Gasteiger partial charge in [0, 0.05) is 49.7 Å². The Labute approximate surface area is 254 Å². The van der Waals surface area contributed by atoms with Gasteiger partial charge in [-0.2, -0.15) is 9.40 Å². The molecule has 0 spiro atoms. The molecule has 1 N–H and O–H groups in total. The average Bonchev–Trinajstić information content (AvgIpc) is 3.71. The highest BCUT2D eigenvalue weighted by Gasteiger charge is 2.32. The lowest BCUT2D eigenvalue weighted by molar-refractivity contribution is 0.0192. The number of carbonyl (C=O) groups is 1. The summed E-state index contributed by atoms with van der Waals surface area (Å²) in [5.74, 6) is -0.653. The van der Waals surface area contributed by atoms with Gasteiger partial charge < -0.3 is 15.0 Å². The van der Waals surface area contributed by atoms with Crippen molar-refractivity contribution in [3.8, 4) is 11.1 Å². The molecule has 0 unspecified atom stereocenters. The third kappa shape index (κ3) is 5.91. The molecular weight excluding hydrogens is 589 g/mol. The predicted octanol–water partition coefficient (Wildman–Crippen LogP) is 4.33. The molecular formula is C30H34FN7O5S. The number of hydrogen-bond donors (Lipinski definition) is 1. The van der Waals surface area contributed by atoms with Crippen LogP contribution in [0.4, 0.5) is 20.7 Å². The molecule has 6 rings (SSSR count). The number of carbonyl (C=O) groups excluding carboxylic acids is 1. The van der Waals surface area contributed by atoms with Crippen LogP contribution in [0.1, 0.15) is 45.2 Å². The lowest BCUT2D eigenvalue weighted by atomic mass is 10.1. The first-order valence-corrected chi connectivity index (χ1v) is 15.9. The van der Waals surface area contributed by atoms with Gasteiger partial charge in [0.15, 0.2) is 0 Å². The van der Waals surface area contributed by atoms with Gasteiger partial charge in [0.2, 0.25) is 10.0 Å². The summed E-state index contributed by atoms with van der Waals surface area (Å²) in [5, 5.41) is 7.28. The van der Waals surface area contributed by atoms with Crippen molar-refractivity contribution in [3.05, 3.63) is 70.7 Å². The summed E-state index contributed by atoms with van der Waals surface area (Å²) < 4.78 is 51.8. The number of nitrogens with zero attached hydrogens (tertiary/aromatic N) is 6. The molecule has 0 atom stereocenters. The zero-order chi connectivity index (χ0) is 31.4. The van der Waals surface area contributed by atoms with Crippen LogP contribution in [0.25, 0.3) is 16.8 Å². The lowest BCUT2D eigenvalue weighted by Gasteiger charge is -2.35. The first-order chi connectivity index (χ1) is 20.8. The maximum Gasteiger partial charge on any atom is 0.410 e. The van der Waals surface area contributed by atoms with Gasteiger partial charge in [0.1, 0.15) is 22.9 Å². The Hall–Kier alpha value is -4.30. The van der Waals surface area contributed by atoms with Crippen molar-refractivity contribution in [2.75, 3.05) is 31.5 Å².